The second-order valence-corrected chi connectivity index (χ2v) is 6.01. The summed E-state index contributed by atoms with van der Waals surface area (Å²) in [6.45, 7) is 6.66. The number of carbonyl (C=O) groups is 1. The van der Waals surface area contributed by atoms with Crippen LogP contribution in [-0.4, -0.2) is 31.7 Å². The Morgan fingerprint density at radius 1 is 1.38 bits per heavy atom. The summed E-state index contributed by atoms with van der Waals surface area (Å²) in [5.74, 6) is 0.646. The number of anilines is 1. The van der Waals surface area contributed by atoms with Crippen molar-refractivity contribution in [2.45, 2.75) is 39.2 Å². The van der Waals surface area contributed by atoms with Gasteiger partial charge in [0.05, 0.1) is 6.04 Å². The summed E-state index contributed by atoms with van der Waals surface area (Å²) in [4.78, 5) is 12.2. The molecule has 2 N–H and O–H groups in total. The molecule has 4 heteroatoms. The van der Waals surface area contributed by atoms with Gasteiger partial charge in [0.15, 0.2) is 0 Å². The fraction of sp³-hybridized carbons (Fsp3) is 0.588. The van der Waals surface area contributed by atoms with Crippen LogP contribution in [0.4, 0.5) is 5.69 Å². The monoisotopic (exact) mass is 290 g/mol. The van der Waals surface area contributed by atoms with Crippen LogP contribution in [0.5, 0.6) is 0 Å². The van der Waals surface area contributed by atoms with Gasteiger partial charge in [-0.05, 0) is 43.4 Å². The van der Waals surface area contributed by atoms with Crippen molar-refractivity contribution in [3.8, 4) is 0 Å². The molecule has 1 unspecified atom stereocenters. The number of fused-ring (bicyclic) bond motifs is 1. The number of carbonyl (C=O) groups excluding carboxylic acids is 1. The maximum Gasteiger partial charge on any atom is 0.241 e. The second-order valence-electron chi connectivity index (χ2n) is 6.01. The quantitative estimate of drug-likeness (QED) is 0.759. The van der Waals surface area contributed by atoms with Gasteiger partial charge >= 0.3 is 0 Å². The Bertz CT molecular complexity index is 460. The van der Waals surface area contributed by atoms with Gasteiger partial charge < -0.3 is 15.4 Å². The fourth-order valence-corrected chi connectivity index (χ4v) is 2.48. The minimum Gasteiger partial charge on any atom is -0.381 e. The molecule has 0 fully saturated rings. The van der Waals surface area contributed by atoms with Crippen LogP contribution in [0.25, 0.3) is 0 Å². The standard InChI is InChI=1S/C17H26N2O2/c1-13(2)12-21-11-5-10-18-16-9-8-14-6-3-4-7-15(14)19-17(16)20/h3-4,6-7,13,16,18H,5,8-12H2,1-2H3,(H,19,20). The lowest BCUT2D eigenvalue weighted by Gasteiger charge is -2.15. The highest BCUT2D eigenvalue weighted by atomic mass is 16.5. The highest BCUT2D eigenvalue weighted by Crippen LogP contribution is 2.21. The zero-order chi connectivity index (χ0) is 15.1. The molecular formula is C17H26N2O2. The van der Waals surface area contributed by atoms with Gasteiger partial charge in [0, 0.05) is 18.9 Å². The highest BCUT2D eigenvalue weighted by Gasteiger charge is 2.22. The fourth-order valence-electron chi connectivity index (χ4n) is 2.48. The molecule has 0 saturated heterocycles. The molecule has 0 spiro atoms. The Labute approximate surface area is 127 Å². The first-order valence-corrected chi connectivity index (χ1v) is 7.86. The van der Waals surface area contributed by atoms with E-state index in [9.17, 15) is 4.79 Å². The van der Waals surface area contributed by atoms with E-state index in [1.807, 2.05) is 18.2 Å². The average Bonchev–Trinajstić information content (AvgIpc) is 2.61. The first kappa shape index (κ1) is 16.0. The summed E-state index contributed by atoms with van der Waals surface area (Å²) in [5, 5.41) is 6.35. The van der Waals surface area contributed by atoms with Crippen LogP contribution in [0.15, 0.2) is 24.3 Å². The number of ether oxygens (including phenoxy) is 1. The van der Waals surface area contributed by atoms with E-state index < -0.39 is 0 Å². The molecule has 0 radical (unpaired) electrons. The van der Waals surface area contributed by atoms with Crippen molar-refractivity contribution in [3.63, 3.8) is 0 Å². The van der Waals surface area contributed by atoms with Gasteiger partial charge in [-0.25, -0.2) is 0 Å². The van der Waals surface area contributed by atoms with E-state index in [1.54, 1.807) is 0 Å². The summed E-state index contributed by atoms with van der Waals surface area (Å²) in [7, 11) is 0. The van der Waals surface area contributed by atoms with Gasteiger partial charge in [0.25, 0.3) is 0 Å². The molecule has 116 valence electrons. The number of amides is 1. The van der Waals surface area contributed by atoms with Gasteiger partial charge in [-0.2, -0.15) is 0 Å². The summed E-state index contributed by atoms with van der Waals surface area (Å²) in [5.41, 5.74) is 2.17. The summed E-state index contributed by atoms with van der Waals surface area (Å²) < 4.78 is 5.55. The lowest BCUT2D eigenvalue weighted by molar-refractivity contribution is -0.118. The largest absolute Gasteiger partial charge is 0.381 e. The molecule has 0 bridgehead atoms. The minimum atomic E-state index is -0.109. The normalized spacial score (nSPS) is 18.2. The van der Waals surface area contributed by atoms with Gasteiger partial charge in [0.1, 0.15) is 0 Å². The number of rotatable bonds is 7. The van der Waals surface area contributed by atoms with E-state index in [-0.39, 0.29) is 11.9 Å². The predicted molar refractivity (Wildman–Crippen MR) is 85.5 cm³/mol. The molecule has 2 rings (SSSR count). The topological polar surface area (TPSA) is 50.4 Å². The first-order valence-electron chi connectivity index (χ1n) is 7.86. The lowest BCUT2D eigenvalue weighted by atomic mass is 10.1. The Morgan fingerprint density at radius 2 is 2.19 bits per heavy atom. The SMILES string of the molecule is CC(C)COCCCNC1CCc2ccccc2NC1=O. The number of nitrogens with one attached hydrogen (secondary N) is 2. The van der Waals surface area contributed by atoms with Crippen molar-refractivity contribution in [1.29, 1.82) is 0 Å². The van der Waals surface area contributed by atoms with Crippen molar-refractivity contribution in [1.82, 2.24) is 5.32 Å². The third-order valence-electron chi connectivity index (χ3n) is 3.60. The van der Waals surface area contributed by atoms with Crippen molar-refractivity contribution in [2.75, 3.05) is 25.1 Å². The summed E-state index contributed by atoms with van der Waals surface area (Å²) in [6.07, 6.45) is 2.70. The molecule has 1 aromatic rings. The average molecular weight is 290 g/mol. The number of hydrogen-bond donors (Lipinski definition) is 2. The van der Waals surface area contributed by atoms with Crippen molar-refractivity contribution >= 4 is 11.6 Å². The van der Waals surface area contributed by atoms with E-state index in [1.165, 1.54) is 5.56 Å². The van der Waals surface area contributed by atoms with E-state index >= 15 is 0 Å². The maximum atomic E-state index is 12.2. The highest BCUT2D eigenvalue weighted by molar-refractivity contribution is 5.96. The van der Waals surface area contributed by atoms with Gasteiger partial charge in [0.2, 0.25) is 5.91 Å². The Kier molecular flexibility index (Phi) is 6.21. The van der Waals surface area contributed by atoms with Crippen LogP contribution >= 0.6 is 0 Å². The number of aryl methyl sites for hydroxylation is 1. The van der Waals surface area contributed by atoms with Gasteiger partial charge in [-0.15, -0.1) is 0 Å². The van der Waals surface area contributed by atoms with Crippen LogP contribution < -0.4 is 10.6 Å². The predicted octanol–water partition coefficient (Wildman–Crippen LogP) is 2.59. The van der Waals surface area contributed by atoms with E-state index in [4.69, 9.17) is 4.74 Å². The smallest absolute Gasteiger partial charge is 0.241 e. The summed E-state index contributed by atoms with van der Waals surface area (Å²) >= 11 is 0. The van der Waals surface area contributed by atoms with Crippen molar-refractivity contribution in [3.05, 3.63) is 29.8 Å². The van der Waals surface area contributed by atoms with Gasteiger partial charge in [-0.1, -0.05) is 32.0 Å². The molecule has 0 aliphatic carbocycles. The van der Waals surface area contributed by atoms with E-state index in [0.717, 1.165) is 44.7 Å². The van der Waals surface area contributed by atoms with Crippen LogP contribution in [0.1, 0.15) is 32.3 Å². The molecular weight excluding hydrogens is 264 g/mol. The van der Waals surface area contributed by atoms with Crippen LogP contribution in [-0.2, 0) is 16.0 Å². The maximum absolute atomic E-state index is 12.2. The molecule has 4 nitrogen and oxygen atoms in total. The molecule has 1 atom stereocenters. The van der Waals surface area contributed by atoms with E-state index in [0.29, 0.717) is 5.92 Å². The number of benzene rings is 1. The summed E-state index contributed by atoms with van der Waals surface area (Å²) in [6, 6.07) is 7.92. The van der Waals surface area contributed by atoms with Crippen molar-refractivity contribution in [2.24, 2.45) is 5.92 Å². The molecule has 1 aliphatic heterocycles. The Morgan fingerprint density at radius 3 is 3.00 bits per heavy atom. The van der Waals surface area contributed by atoms with Crippen LogP contribution in [0, 0.1) is 5.92 Å². The molecule has 0 saturated carbocycles. The Balaban J connectivity index is 1.72. The molecule has 0 aromatic heterocycles. The molecule has 1 aromatic carbocycles. The Hall–Kier alpha value is -1.39. The third-order valence-corrected chi connectivity index (χ3v) is 3.60. The third kappa shape index (κ3) is 5.14. The molecule has 1 aliphatic rings. The minimum absolute atomic E-state index is 0.0723. The van der Waals surface area contributed by atoms with Gasteiger partial charge in [-0.3, -0.25) is 4.79 Å². The lowest BCUT2D eigenvalue weighted by Crippen LogP contribution is -2.40. The van der Waals surface area contributed by atoms with E-state index in [2.05, 4.69) is 30.5 Å². The molecule has 1 heterocycles. The number of para-hydroxylation sites is 1. The zero-order valence-electron chi connectivity index (χ0n) is 13.0. The second kappa shape index (κ2) is 8.15. The first-order chi connectivity index (χ1) is 10.2. The zero-order valence-corrected chi connectivity index (χ0v) is 13.0. The molecule has 1 amide bonds. The molecule has 21 heavy (non-hydrogen) atoms. The van der Waals surface area contributed by atoms with Crippen LogP contribution in [0.2, 0.25) is 0 Å². The van der Waals surface area contributed by atoms with Crippen LogP contribution in [0.3, 0.4) is 0 Å². The van der Waals surface area contributed by atoms with Crippen molar-refractivity contribution < 1.29 is 9.53 Å². The number of hydrogen-bond acceptors (Lipinski definition) is 3.